The number of aromatic amines is 1. The molecule has 144 valence electrons. The Morgan fingerprint density at radius 1 is 1.11 bits per heavy atom. The summed E-state index contributed by atoms with van der Waals surface area (Å²) in [6.07, 6.45) is 0. The number of hydrogen-bond acceptors (Lipinski definition) is 4. The Morgan fingerprint density at radius 3 is 2.43 bits per heavy atom. The van der Waals surface area contributed by atoms with Crippen molar-refractivity contribution >= 4 is 22.6 Å². The van der Waals surface area contributed by atoms with Gasteiger partial charge in [0.1, 0.15) is 11.4 Å². The second-order valence-electron chi connectivity index (χ2n) is 7.01. The fraction of sp³-hybridized carbons (Fsp3) is 0.238. The number of carboxylic acid groups (broad SMARTS) is 1. The Bertz CT molecular complexity index is 1100. The molecule has 1 aliphatic heterocycles. The number of anilines is 1. The number of carboxylic acids is 1. The molecule has 28 heavy (non-hydrogen) atoms. The Morgan fingerprint density at radius 2 is 1.79 bits per heavy atom. The third-order valence-electron chi connectivity index (χ3n) is 5.19. The first-order chi connectivity index (χ1) is 13.5. The smallest absolute Gasteiger partial charge is 0.341 e. The van der Waals surface area contributed by atoms with Crippen LogP contribution in [0.1, 0.15) is 10.4 Å². The average molecular weight is 381 g/mol. The van der Waals surface area contributed by atoms with E-state index in [0.29, 0.717) is 29.9 Å². The van der Waals surface area contributed by atoms with E-state index in [9.17, 15) is 19.1 Å². The van der Waals surface area contributed by atoms with Gasteiger partial charge in [-0.2, -0.15) is 0 Å². The van der Waals surface area contributed by atoms with Crippen LogP contribution in [0.4, 0.5) is 10.1 Å². The van der Waals surface area contributed by atoms with E-state index in [4.69, 9.17) is 0 Å². The molecular formula is C21H20FN3O3. The summed E-state index contributed by atoms with van der Waals surface area (Å²) in [6, 6.07) is 11.6. The Balaban J connectivity index is 1.93. The van der Waals surface area contributed by atoms with Crippen molar-refractivity contribution in [3.8, 4) is 11.3 Å². The van der Waals surface area contributed by atoms with E-state index in [2.05, 4.69) is 9.88 Å². The van der Waals surface area contributed by atoms with Crippen LogP contribution in [0.5, 0.6) is 0 Å². The maximum absolute atomic E-state index is 14.8. The minimum atomic E-state index is -1.34. The van der Waals surface area contributed by atoms with Crippen LogP contribution in [0.15, 0.2) is 47.3 Å². The molecule has 0 unspecified atom stereocenters. The van der Waals surface area contributed by atoms with Gasteiger partial charge in [0.05, 0.1) is 16.9 Å². The number of nitrogens with zero attached hydrogens (tertiary/aromatic N) is 2. The summed E-state index contributed by atoms with van der Waals surface area (Å²) in [5.41, 5.74) is 0.572. The minimum Gasteiger partial charge on any atom is -0.477 e. The molecule has 7 heteroatoms. The SMILES string of the molecule is CN1CCN(c2cc3[nH]c(-c4ccccc4)c(C(=O)O)c(=O)c3cc2F)CC1. The first-order valence-electron chi connectivity index (χ1n) is 9.07. The number of aromatic carboxylic acids is 1. The predicted octanol–water partition coefficient (Wildman–Crippen LogP) is 2.78. The number of hydrogen-bond donors (Lipinski definition) is 2. The molecular weight excluding hydrogens is 361 g/mol. The third kappa shape index (κ3) is 3.14. The number of likely N-dealkylation sites (N-methyl/N-ethyl adjacent to an activating group) is 1. The van der Waals surface area contributed by atoms with Gasteiger partial charge >= 0.3 is 5.97 Å². The van der Waals surface area contributed by atoms with E-state index in [1.807, 2.05) is 18.0 Å². The summed E-state index contributed by atoms with van der Waals surface area (Å²) >= 11 is 0. The van der Waals surface area contributed by atoms with Crippen molar-refractivity contribution in [3.05, 3.63) is 64.1 Å². The molecule has 0 radical (unpaired) electrons. The lowest BCUT2D eigenvalue weighted by Gasteiger charge is -2.34. The summed E-state index contributed by atoms with van der Waals surface area (Å²) in [7, 11) is 2.02. The van der Waals surface area contributed by atoms with E-state index in [0.717, 1.165) is 19.2 Å². The highest BCUT2D eigenvalue weighted by Gasteiger charge is 2.23. The van der Waals surface area contributed by atoms with Crippen LogP contribution >= 0.6 is 0 Å². The minimum absolute atomic E-state index is 0.0347. The summed E-state index contributed by atoms with van der Waals surface area (Å²) in [6.45, 7) is 3.01. The van der Waals surface area contributed by atoms with Gasteiger partial charge in [-0.3, -0.25) is 4.79 Å². The molecule has 3 aromatic rings. The highest BCUT2D eigenvalue weighted by Crippen LogP contribution is 2.28. The fourth-order valence-electron chi connectivity index (χ4n) is 3.61. The Kier molecular flexibility index (Phi) is 4.60. The van der Waals surface area contributed by atoms with E-state index in [1.54, 1.807) is 30.3 Å². The van der Waals surface area contributed by atoms with Crippen molar-refractivity contribution in [3.63, 3.8) is 0 Å². The van der Waals surface area contributed by atoms with Gasteiger partial charge in [-0.15, -0.1) is 0 Å². The maximum Gasteiger partial charge on any atom is 0.341 e. The number of nitrogens with one attached hydrogen (secondary N) is 1. The van der Waals surface area contributed by atoms with Gasteiger partial charge in [0.2, 0.25) is 5.43 Å². The highest BCUT2D eigenvalue weighted by atomic mass is 19.1. The van der Waals surface area contributed by atoms with Gasteiger partial charge in [0, 0.05) is 31.6 Å². The van der Waals surface area contributed by atoms with Gasteiger partial charge in [0.15, 0.2) is 0 Å². The third-order valence-corrected chi connectivity index (χ3v) is 5.19. The zero-order valence-electron chi connectivity index (χ0n) is 15.4. The number of piperazine rings is 1. The van der Waals surface area contributed by atoms with Crippen LogP contribution < -0.4 is 10.3 Å². The largest absolute Gasteiger partial charge is 0.477 e. The zero-order valence-corrected chi connectivity index (χ0v) is 15.4. The van der Waals surface area contributed by atoms with Crippen molar-refractivity contribution in [2.75, 3.05) is 38.1 Å². The van der Waals surface area contributed by atoms with Crippen LogP contribution in [-0.2, 0) is 0 Å². The van der Waals surface area contributed by atoms with Gasteiger partial charge in [-0.1, -0.05) is 30.3 Å². The molecule has 4 rings (SSSR count). The number of rotatable bonds is 3. The molecule has 0 aliphatic carbocycles. The Hall–Kier alpha value is -3.19. The van der Waals surface area contributed by atoms with Gasteiger partial charge < -0.3 is 19.9 Å². The van der Waals surface area contributed by atoms with Gasteiger partial charge in [-0.25, -0.2) is 9.18 Å². The number of benzene rings is 2. The number of fused-ring (bicyclic) bond motifs is 1. The normalized spacial score (nSPS) is 15.1. The molecule has 1 aromatic heterocycles. The van der Waals surface area contributed by atoms with Crippen LogP contribution in [0, 0.1) is 5.82 Å². The monoisotopic (exact) mass is 381 g/mol. The highest BCUT2D eigenvalue weighted by molar-refractivity contribution is 5.99. The molecule has 6 nitrogen and oxygen atoms in total. The van der Waals surface area contributed by atoms with Crippen LogP contribution in [0.2, 0.25) is 0 Å². The molecule has 1 saturated heterocycles. The number of pyridine rings is 1. The molecule has 2 heterocycles. The molecule has 1 aliphatic rings. The average Bonchev–Trinajstić information content (AvgIpc) is 2.69. The summed E-state index contributed by atoms with van der Waals surface area (Å²) in [4.78, 5) is 31.8. The first-order valence-corrected chi connectivity index (χ1v) is 9.07. The maximum atomic E-state index is 14.8. The summed E-state index contributed by atoms with van der Waals surface area (Å²) in [5.74, 6) is -1.86. The standard InChI is InChI=1S/C21H20FN3O3/c1-24-7-9-25(10-8-24)17-12-16-14(11-15(17)22)20(26)18(21(27)28)19(23-16)13-5-3-2-4-6-13/h2-6,11-12H,7-10H2,1H3,(H,23,26)(H,27,28). The lowest BCUT2D eigenvalue weighted by molar-refractivity contribution is 0.0696. The van der Waals surface area contributed by atoms with E-state index in [-0.39, 0.29) is 16.6 Å². The van der Waals surface area contributed by atoms with E-state index < -0.39 is 17.2 Å². The number of carbonyl (C=O) groups is 1. The number of halogens is 1. The molecule has 0 atom stereocenters. The number of aromatic nitrogens is 1. The quantitative estimate of drug-likeness (QED) is 0.730. The van der Waals surface area contributed by atoms with Crippen molar-refractivity contribution in [1.29, 1.82) is 0 Å². The lowest BCUT2D eigenvalue weighted by Crippen LogP contribution is -2.44. The summed E-state index contributed by atoms with van der Waals surface area (Å²) in [5, 5.41) is 9.63. The van der Waals surface area contributed by atoms with Crippen molar-refractivity contribution in [2.24, 2.45) is 0 Å². The Labute approximate surface area is 160 Å². The van der Waals surface area contributed by atoms with Crippen LogP contribution in [0.3, 0.4) is 0 Å². The van der Waals surface area contributed by atoms with E-state index >= 15 is 0 Å². The zero-order chi connectivity index (χ0) is 19.8. The summed E-state index contributed by atoms with van der Waals surface area (Å²) < 4.78 is 14.8. The van der Waals surface area contributed by atoms with Crippen LogP contribution in [-0.4, -0.2) is 54.2 Å². The van der Waals surface area contributed by atoms with Crippen molar-refractivity contribution in [2.45, 2.75) is 0 Å². The van der Waals surface area contributed by atoms with Gasteiger partial charge in [-0.05, 0) is 24.7 Å². The molecule has 2 N–H and O–H groups in total. The lowest BCUT2D eigenvalue weighted by atomic mass is 10.0. The molecule has 0 amide bonds. The molecule has 2 aromatic carbocycles. The predicted molar refractivity (Wildman–Crippen MR) is 107 cm³/mol. The first kappa shape index (κ1) is 18.2. The van der Waals surface area contributed by atoms with Gasteiger partial charge in [0.25, 0.3) is 0 Å². The molecule has 0 bridgehead atoms. The second kappa shape index (κ2) is 7.09. The fourth-order valence-corrected chi connectivity index (χ4v) is 3.61. The molecule has 0 saturated carbocycles. The number of H-pyrrole nitrogens is 1. The van der Waals surface area contributed by atoms with E-state index in [1.165, 1.54) is 0 Å². The van der Waals surface area contributed by atoms with Crippen LogP contribution in [0.25, 0.3) is 22.2 Å². The topological polar surface area (TPSA) is 76.6 Å². The van der Waals surface area contributed by atoms with Crippen molar-refractivity contribution in [1.82, 2.24) is 9.88 Å². The molecule has 1 fully saturated rings. The second-order valence-corrected chi connectivity index (χ2v) is 7.01. The van der Waals surface area contributed by atoms with Crippen molar-refractivity contribution < 1.29 is 14.3 Å². The molecule has 0 spiro atoms.